The Hall–Kier alpha value is -1.20. The molecule has 0 aromatic heterocycles. The van der Waals surface area contributed by atoms with Crippen LogP contribution in [0.25, 0.3) is 0 Å². The summed E-state index contributed by atoms with van der Waals surface area (Å²) in [4.78, 5) is 12.0. The number of nitrogens with two attached hydrogens (primary N) is 1. The van der Waals surface area contributed by atoms with Gasteiger partial charge in [-0.15, -0.1) is 11.8 Å². The van der Waals surface area contributed by atoms with E-state index in [2.05, 4.69) is 5.43 Å². The molecule has 0 atom stereocenters. The van der Waals surface area contributed by atoms with Gasteiger partial charge in [-0.1, -0.05) is 12.1 Å². The van der Waals surface area contributed by atoms with Crippen LogP contribution in [0.5, 0.6) is 5.75 Å². The molecule has 0 fully saturated rings. The largest absolute Gasteiger partial charge is 0.492 e. The Labute approximate surface area is 99.5 Å². The van der Waals surface area contributed by atoms with Gasteiger partial charge in [0.15, 0.2) is 0 Å². The maximum Gasteiger partial charge on any atom is 0.234 e. The minimum absolute atomic E-state index is 0.165. The number of rotatable bonds is 6. The van der Waals surface area contributed by atoms with Crippen molar-refractivity contribution in [3.63, 3.8) is 0 Å². The molecule has 0 heterocycles. The molecule has 1 aromatic carbocycles. The van der Waals surface area contributed by atoms with Gasteiger partial charge in [-0.25, -0.2) is 5.84 Å². The molecule has 3 N–H and O–H groups in total. The van der Waals surface area contributed by atoms with E-state index in [0.717, 1.165) is 10.6 Å². The maximum atomic E-state index is 10.9. The molecule has 1 aromatic rings. The summed E-state index contributed by atoms with van der Waals surface area (Å²) in [5.74, 6) is 5.67. The molecule has 0 unspecified atom stereocenters. The van der Waals surface area contributed by atoms with Gasteiger partial charge >= 0.3 is 0 Å². The smallest absolute Gasteiger partial charge is 0.234 e. The Bertz CT molecular complexity index is 345. The Kier molecular flexibility index (Phi) is 5.74. The first-order valence-corrected chi connectivity index (χ1v) is 6.25. The third-order valence-corrected chi connectivity index (χ3v) is 2.81. The second-order valence-corrected chi connectivity index (χ2v) is 4.02. The summed E-state index contributed by atoms with van der Waals surface area (Å²) in [6.07, 6.45) is 3.05. The van der Waals surface area contributed by atoms with E-state index in [1.165, 1.54) is 0 Å². The highest BCUT2D eigenvalue weighted by atomic mass is 32.2. The molecule has 0 radical (unpaired) electrons. The van der Waals surface area contributed by atoms with Crippen LogP contribution in [-0.2, 0) is 4.79 Å². The average molecular weight is 240 g/mol. The number of carbonyl (C=O) groups is 1. The highest BCUT2D eigenvalue weighted by Gasteiger charge is 2.02. The SMILES string of the molecule is CSc1ccccc1OCCCC(=O)NN. The van der Waals surface area contributed by atoms with E-state index in [4.69, 9.17) is 10.6 Å². The first-order chi connectivity index (χ1) is 7.77. The lowest BCUT2D eigenvalue weighted by Crippen LogP contribution is -2.29. The minimum atomic E-state index is -0.165. The molecule has 0 bridgehead atoms. The van der Waals surface area contributed by atoms with Crippen LogP contribution in [0, 0.1) is 0 Å². The lowest BCUT2D eigenvalue weighted by molar-refractivity contribution is -0.121. The van der Waals surface area contributed by atoms with Gasteiger partial charge in [0, 0.05) is 11.3 Å². The highest BCUT2D eigenvalue weighted by Crippen LogP contribution is 2.26. The third-order valence-electron chi connectivity index (χ3n) is 2.04. The van der Waals surface area contributed by atoms with E-state index in [1.54, 1.807) is 11.8 Å². The van der Waals surface area contributed by atoms with Crippen molar-refractivity contribution < 1.29 is 9.53 Å². The van der Waals surface area contributed by atoms with Gasteiger partial charge in [0.2, 0.25) is 5.91 Å². The summed E-state index contributed by atoms with van der Waals surface area (Å²) in [5.41, 5.74) is 2.09. The molecule has 0 saturated carbocycles. The number of ether oxygens (including phenoxy) is 1. The molecule has 1 amide bonds. The Morgan fingerprint density at radius 1 is 1.50 bits per heavy atom. The van der Waals surface area contributed by atoms with Crippen LogP contribution in [0.15, 0.2) is 29.2 Å². The number of hydrogen-bond acceptors (Lipinski definition) is 4. The van der Waals surface area contributed by atoms with Crippen molar-refractivity contribution in [1.82, 2.24) is 5.43 Å². The second kappa shape index (κ2) is 7.14. The summed E-state index contributed by atoms with van der Waals surface area (Å²) in [5, 5.41) is 0. The first kappa shape index (κ1) is 12.9. The first-order valence-electron chi connectivity index (χ1n) is 5.03. The molecule has 5 heteroatoms. The number of hydrogen-bond donors (Lipinski definition) is 2. The standard InChI is InChI=1S/C11H16N2O2S/c1-16-10-6-3-2-5-9(10)15-8-4-7-11(14)13-12/h2-3,5-6H,4,7-8,12H2,1H3,(H,13,14). The van der Waals surface area contributed by atoms with Crippen LogP contribution in [0.1, 0.15) is 12.8 Å². The molecular weight excluding hydrogens is 224 g/mol. The average Bonchev–Trinajstić information content (AvgIpc) is 2.34. The molecule has 0 saturated heterocycles. The van der Waals surface area contributed by atoms with Gasteiger partial charge in [0.1, 0.15) is 5.75 Å². The van der Waals surface area contributed by atoms with Crippen molar-refractivity contribution in [3.05, 3.63) is 24.3 Å². The molecule has 0 spiro atoms. The van der Waals surface area contributed by atoms with Gasteiger partial charge in [-0.2, -0.15) is 0 Å². The zero-order valence-electron chi connectivity index (χ0n) is 9.23. The molecule has 0 aliphatic carbocycles. The van der Waals surface area contributed by atoms with Gasteiger partial charge < -0.3 is 4.74 Å². The summed E-state index contributed by atoms with van der Waals surface area (Å²) in [6, 6.07) is 7.84. The molecule has 4 nitrogen and oxygen atoms in total. The van der Waals surface area contributed by atoms with Crippen LogP contribution in [0.4, 0.5) is 0 Å². The second-order valence-electron chi connectivity index (χ2n) is 3.17. The van der Waals surface area contributed by atoms with E-state index in [0.29, 0.717) is 19.4 Å². The zero-order chi connectivity index (χ0) is 11.8. The summed E-state index contributed by atoms with van der Waals surface area (Å²) >= 11 is 1.64. The van der Waals surface area contributed by atoms with E-state index in [-0.39, 0.29) is 5.91 Å². The zero-order valence-corrected chi connectivity index (χ0v) is 10.0. The van der Waals surface area contributed by atoms with Crippen molar-refractivity contribution in [2.75, 3.05) is 12.9 Å². The fourth-order valence-electron chi connectivity index (χ4n) is 1.23. The molecule has 0 aliphatic heterocycles. The predicted molar refractivity (Wildman–Crippen MR) is 65.3 cm³/mol. The topological polar surface area (TPSA) is 64.3 Å². The third kappa shape index (κ3) is 4.12. The normalized spacial score (nSPS) is 9.88. The number of thioether (sulfide) groups is 1. The molecule has 88 valence electrons. The van der Waals surface area contributed by atoms with Crippen molar-refractivity contribution in [2.45, 2.75) is 17.7 Å². The van der Waals surface area contributed by atoms with Gasteiger partial charge in [0.05, 0.1) is 6.61 Å². The summed E-state index contributed by atoms with van der Waals surface area (Å²) in [7, 11) is 0. The monoisotopic (exact) mass is 240 g/mol. The van der Waals surface area contributed by atoms with Crippen LogP contribution < -0.4 is 16.0 Å². The number of para-hydroxylation sites is 1. The predicted octanol–water partition coefficient (Wildman–Crippen LogP) is 1.56. The van der Waals surface area contributed by atoms with Crippen molar-refractivity contribution in [3.8, 4) is 5.75 Å². The fraction of sp³-hybridized carbons (Fsp3) is 0.364. The Morgan fingerprint density at radius 2 is 2.25 bits per heavy atom. The van der Waals surface area contributed by atoms with E-state index in [9.17, 15) is 4.79 Å². The van der Waals surface area contributed by atoms with E-state index < -0.39 is 0 Å². The quantitative estimate of drug-likeness (QED) is 0.260. The highest BCUT2D eigenvalue weighted by molar-refractivity contribution is 7.98. The maximum absolute atomic E-state index is 10.9. The molecule has 1 rings (SSSR count). The minimum Gasteiger partial charge on any atom is -0.492 e. The Morgan fingerprint density at radius 3 is 2.94 bits per heavy atom. The van der Waals surface area contributed by atoms with Crippen molar-refractivity contribution in [1.29, 1.82) is 0 Å². The van der Waals surface area contributed by atoms with Crippen LogP contribution in [0.3, 0.4) is 0 Å². The molecule has 16 heavy (non-hydrogen) atoms. The fourth-order valence-corrected chi connectivity index (χ4v) is 1.77. The number of nitrogens with one attached hydrogen (secondary N) is 1. The van der Waals surface area contributed by atoms with Crippen molar-refractivity contribution >= 4 is 17.7 Å². The number of benzene rings is 1. The summed E-state index contributed by atoms with van der Waals surface area (Å²) < 4.78 is 5.58. The van der Waals surface area contributed by atoms with Gasteiger partial charge in [0.25, 0.3) is 0 Å². The molecule has 0 aliphatic rings. The van der Waals surface area contributed by atoms with Gasteiger partial charge in [-0.3, -0.25) is 10.2 Å². The Balaban J connectivity index is 2.34. The van der Waals surface area contributed by atoms with Crippen LogP contribution >= 0.6 is 11.8 Å². The van der Waals surface area contributed by atoms with E-state index in [1.807, 2.05) is 30.5 Å². The van der Waals surface area contributed by atoms with Crippen LogP contribution in [-0.4, -0.2) is 18.8 Å². The van der Waals surface area contributed by atoms with Crippen LogP contribution in [0.2, 0.25) is 0 Å². The van der Waals surface area contributed by atoms with Crippen molar-refractivity contribution in [2.24, 2.45) is 5.84 Å². The lowest BCUT2D eigenvalue weighted by Gasteiger charge is -2.09. The van der Waals surface area contributed by atoms with E-state index >= 15 is 0 Å². The summed E-state index contributed by atoms with van der Waals surface area (Å²) in [6.45, 7) is 0.519. The number of hydrazine groups is 1. The van der Waals surface area contributed by atoms with Gasteiger partial charge in [-0.05, 0) is 24.8 Å². The number of amides is 1. The molecular formula is C11H16N2O2S. The lowest BCUT2D eigenvalue weighted by atomic mass is 10.3. The number of carbonyl (C=O) groups excluding carboxylic acids is 1.